The number of halogens is 2. The molecule has 19 heavy (non-hydrogen) atoms. The molecule has 3 nitrogen and oxygen atoms in total. The van der Waals surface area contributed by atoms with Gasteiger partial charge in [0, 0.05) is 20.7 Å². The number of rotatable bonds is 4. The first kappa shape index (κ1) is 14.5. The highest BCUT2D eigenvalue weighted by Gasteiger charge is 2.10. The molecular formula is C14H13Br2NO2. The molecule has 0 radical (unpaired) electrons. The SMILES string of the molecule is CC(O)c1ccc(Br)cc1OCc1ccc(Br)cn1. The number of aromatic nitrogens is 1. The molecular weight excluding hydrogens is 374 g/mol. The molecule has 5 heteroatoms. The molecule has 0 saturated heterocycles. The number of ether oxygens (including phenoxy) is 1. The van der Waals surface area contributed by atoms with Gasteiger partial charge in [-0.05, 0) is 47.1 Å². The molecule has 1 atom stereocenters. The van der Waals surface area contributed by atoms with Crippen molar-refractivity contribution in [3.8, 4) is 5.75 Å². The molecule has 0 bridgehead atoms. The molecule has 1 N–H and O–H groups in total. The Morgan fingerprint density at radius 2 is 1.95 bits per heavy atom. The lowest BCUT2D eigenvalue weighted by molar-refractivity contribution is 0.190. The first-order valence-corrected chi connectivity index (χ1v) is 7.35. The van der Waals surface area contributed by atoms with Crippen LogP contribution in [0.1, 0.15) is 24.3 Å². The minimum absolute atomic E-state index is 0.365. The Bertz CT molecular complexity index is 556. The minimum Gasteiger partial charge on any atom is -0.487 e. The van der Waals surface area contributed by atoms with E-state index < -0.39 is 6.10 Å². The largest absolute Gasteiger partial charge is 0.487 e. The summed E-state index contributed by atoms with van der Waals surface area (Å²) < 4.78 is 7.58. The molecule has 0 fully saturated rings. The van der Waals surface area contributed by atoms with Gasteiger partial charge in [0.25, 0.3) is 0 Å². The molecule has 2 rings (SSSR count). The van der Waals surface area contributed by atoms with Gasteiger partial charge in [0.2, 0.25) is 0 Å². The van der Waals surface area contributed by atoms with Crippen molar-refractivity contribution >= 4 is 31.9 Å². The molecule has 0 aliphatic heterocycles. The lowest BCUT2D eigenvalue weighted by atomic mass is 10.1. The standard InChI is InChI=1S/C14H13Br2NO2/c1-9(18)13-5-3-10(15)6-14(13)19-8-12-4-2-11(16)7-17-12/h2-7,9,18H,8H2,1H3. The van der Waals surface area contributed by atoms with E-state index in [-0.39, 0.29) is 0 Å². The van der Waals surface area contributed by atoms with Gasteiger partial charge in [0.1, 0.15) is 12.4 Å². The zero-order chi connectivity index (χ0) is 13.8. The molecule has 0 aliphatic rings. The van der Waals surface area contributed by atoms with Gasteiger partial charge in [0.15, 0.2) is 0 Å². The Morgan fingerprint density at radius 1 is 1.21 bits per heavy atom. The van der Waals surface area contributed by atoms with Crippen molar-refractivity contribution in [1.82, 2.24) is 4.98 Å². The monoisotopic (exact) mass is 385 g/mol. The summed E-state index contributed by atoms with van der Waals surface area (Å²) in [6.07, 6.45) is 1.16. The number of aliphatic hydroxyl groups is 1. The summed E-state index contributed by atoms with van der Waals surface area (Å²) in [5.74, 6) is 0.661. The van der Waals surface area contributed by atoms with E-state index in [0.29, 0.717) is 12.4 Å². The van der Waals surface area contributed by atoms with Crippen molar-refractivity contribution in [3.05, 3.63) is 56.7 Å². The fourth-order valence-electron chi connectivity index (χ4n) is 1.62. The van der Waals surface area contributed by atoms with E-state index in [1.165, 1.54) is 0 Å². The fourth-order valence-corrected chi connectivity index (χ4v) is 2.20. The predicted octanol–water partition coefficient (Wildman–Crippen LogP) is 4.24. The van der Waals surface area contributed by atoms with Gasteiger partial charge in [-0.25, -0.2) is 0 Å². The van der Waals surface area contributed by atoms with E-state index in [9.17, 15) is 5.11 Å². The highest BCUT2D eigenvalue weighted by atomic mass is 79.9. The van der Waals surface area contributed by atoms with Crippen LogP contribution in [-0.2, 0) is 6.61 Å². The molecule has 0 spiro atoms. The first-order valence-electron chi connectivity index (χ1n) is 5.77. The lowest BCUT2D eigenvalue weighted by Crippen LogP contribution is -2.02. The van der Waals surface area contributed by atoms with Crippen molar-refractivity contribution in [1.29, 1.82) is 0 Å². The molecule has 0 amide bonds. The van der Waals surface area contributed by atoms with Crippen LogP contribution in [0.15, 0.2) is 45.5 Å². The number of benzene rings is 1. The average Bonchev–Trinajstić information content (AvgIpc) is 2.38. The van der Waals surface area contributed by atoms with Crippen LogP contribution in [0.3, 0.4) is 0 Å². The first-order chi connectivity index (χ1) is 9.06. The highest BCUT2D eigenvalue weighted by molar-refractivity contribution is 9.10. The lowest BCUT2D eigenvalue weighted by Gasteiger charge is -2.13. The van der Waals surface area contributed by atoms with E-state index >= 15 is 0 Å². The van der Waals surface area contributed by atoms with Gasteiger partial charge in [0.05, 0.1) is 11.8 Å². The summed E-state index contributed by atoms with van der Waals surface area (Å²) in [6, 6.07) is 9.39. The van der Waals surface area contributed by atoms with Gasteiger partial charge in [-0.15, -0.1) is 0 Å². The Labute approximate surface area is 128 Å². The maximum atomic E-state index is 9.71. The summed E-state index contributed by atoms with van der Waals surface area (Å²) >= 11 is 6.74. The zero-order valence-electron chi connectivity index (χ0n) is 10.3. The number of hydrogen-bond donors (Lipinski definition) is 1. The van der Waals surface area contributed by atoms with E-state index in [1.807, 2.05) is 30.3 Å². The Balaban J connectivity index is 2.14. The summed E-state index contributed by atoms with van der Waals surface area (Å²) in [5, 5.41) is 9.71. The average molecular weight is 387 g/mol. The number of nitrogens with zero attached hydrogens (tertiary/aromatic N) is 1. The highest BCUT2D eigenvalue weighted by Crippen LogP contribution is 2.29. The number of pyridine rings is 1. The third-order valence-corrected chi connectivity index (χ3v) is 3.55. The molecule has 1 heterocycles. The maximum Gasteiger partial charge on any atom is 0.130 e. The minimum atomic E-state index is -0.569. The third kappa shape index (κ3) is 4.03. The Morgan fingerprint density at radius 3 is 2.58 bits per heavy atom. The van der Waals surface area contributed by atoms with E-state index in [2.05, 4.69) is 36.8 Å². The van der Waals surface area contributed by atoms with Gasteiger partial charge < -0.3 is 9.84 Å². The maximum absolute atomic E-state index is 9.71. The van der Waals surface area contributed by atoms with Crippen LogP contribution in [0.25, 0.3) is 0 Å². The van der Waals surface area contributed by atoms with Gasteiger partial charge in [-0.1, -0.05) is 22.0 Å². The molecule has 1 unspecified atom stereocenters. The predicted molar refractivity (Wildman–Crippen MR) is 81.0 cm³/mol. The van der Waals surface area contributed by atoms with E-state index in [0.717, 1.165) is 20.2 Å². The van der Waals surface area contributed by atoms with Crippen LogP contribution in [-0.4, -0.2) is 10.1 Å². The van der Waals surface area contributed by atoms with Gasteiger partial charge >= 0.3 is 0 Å². The second-order valence-electron chi connectivity index (χ2n) is 4.11. The number of hydrogen-bond acceptors (Lipinski definition) is 3. The van der Waals surface area contributed by atoms with Crippen LogP contribution < -0.4 is 4.74 Å². The Hall–Kier alpha value is -0.910. The molecule has 100 valence electrons. The third-order valence-electron chi connectivity index (χ3n) is 2.59. The van der Waals surface area contributed by atoms with Crippen LogP contribution >= 0.6 is 31.9 Å². The topological polar surface area (TPSA) is 42.4 Å². The summed E-state index contributed by atoms with van der Waals surface area (Å²) in [4.78, 5) is 4.24. The van der Waals surface area contributed by atoms with Crippen LogP contribution in [0.2, 0.25) is 0 Å². The summed E-state index contributed by atoms with van der Waals surface area (Å²) in [7, 11) is 0. The second-order valence-corrected chi connectivity index (χ2v) is 5.95. The van der Waals surface area contributed by atoms with Gasteiger partial charge in [-0.3, -0.25) is 4.98 Å². The van der Waals surface area contributed by atoms with Crippen LogP contribution in [0.5, 0.6) is 5.75 Å². The van der Waals surface area contributed by atoms with Crippen molar-refractivity contribution in [3.63, 3.8) is 0 Å². The zero-order valence-corrected chi connectivity index (χ0v) is 13.5. The van der Waals surface area contributed by atoms with E-state index in [4.69, 9.17) is 4.74 Å². The quantitative estimate of drug-likeness (QED) is 0.854. The summed E-state index contributed by atoms with van der Waals surface area (Å²) in [5.41, 5.74) is 1.60. The van der Waals surface area contributed by atoms with E-state index in [1.54, 1.807) is 13.1 Å². The molecule has 0 saturated carbocycles. The van der Waals surface area contributed by atoms with Crippen molar-refractivity contribution < 1.29 is 9.84 Å². The summed E-state index contributed by atoms with van der Waals surface area (Å²) in [6.45, 7) is 2.08. The normalized spacial score (nSPS) is 12.2. The molecule has 1 aromatic carbocycles. The van der Waals surface area contributed by atoms with Crippen LogP contribution in [0, 0.1) is 0 Å². The van der Waals surface area contributed by atoms with Crippen molar-refractivity contribution in [2.45, 2.75) is 19.6 Å². The molecule has 0 aliphatic carbocycles. The molecule has 2 aromatic rings. The second kappa shape index (κ2) is 6.50. The fraction of sp³-hybridized carbons (Fsp3) is 0.214. The number of aliphatic hydroxyl groups excluding tert-OH is 1. The van der Waals surface area contributed by atoms with Crippen molar-refractivity contribution in [2.24, 2.45) is 0 Å². The van der Waals surface area contributed by atoms with Gasteiger partial charge in [-0.2, -0.15) is 0 Å². The Kier molecular flexibility index (Phi) is 4.96. The van der Waals surface area contributed by atoms with Crippen molar-refractivity contribution in [2.75, 3.05) is 0 Å². The van der Waals surface area contributed by atoms with Crippen LogP contribution in [0.4, 0.5) is 0 Å². The molecule has 1 aromatic heterocycles. The smallest absolute Gasteiger partial charge is 0.130 e.